The van der Waals surface area contributed by atoms with Crippen molar-refractivity contribution < 1.29 is 14.3 Å². The number of hydrogen-bond acceptors (Lipinski definition) is 8. The number of ketones is 1. The van der Waals surface area contributed by atoms with Crippen molar-refractivity contribution in [1.29, 1.82) is 0 Å². The van der Waals surface area contributed by atoms with Crippen LogP contribution in [0.25, 0.3) is 11.3 Å². The van der Waals surface area contributed by atoms with Crippen molar-refractivity contribution in [2.45, 2.75) is 31.6 Å². The average molecular weight is 421 g/mol. The lowest BCUT2D eigenvalue weighted by Crippen LogP contribution is -2.29. The highest BCUT2D eigenvalue weighted by Crippen LogP contribution is 2.48. The van der Waals surface area contributed by atoms with Crippen LogP contribution in [0.4, 0.5) is 11.5 Å². The third-order valence-corrected chi connectivity index (χ3v) is 5.47. The topological polar surface area (TPSA) is 138 Å². The van der Waals surface area contributed by atoms with Crippen LogP contribution in [0.2, 0.25) is 0 Å². The number of primary amides is 1. The molecule has 10 nitrogen and oxygen atoms in total. The van der Waals surface area contributed by atoms with Crippen LogP contribution in [0.15, 0.2) is 30.7 Å². The maximum Gasteiger partial charge on any atom is 0.229 e. The Morgan fingerprint density at radius 1 is 1.29 bits per heavy atom. The molecule has 0 radical (unpaired) electrons. The van der Waals surface area contributed by atoms with E-state index in [-0.39, 0.29) is 5.78 Å². The molecule has 0 unspecified atom stereocenters. The van der Waals surface area contributed by atoms with Crippen molar-refractivity contribution in [2.75, 3.05) is 12.4 Å². The van der Waals surface area contributed by atoms with Crippen molar-refractivity contribution in [3.63, 3.8) is 0 Å². The van der Waals surface area contributed by atoms with Gasteiger partial charge < -0.3 is 15.8 Å². The molecule has 3 aromatic rings. The highest BCUT2D eigenvalue weighted by atomic mass is 16.5. The number of carbonyl (C=O) groups excluding carboxylic acids is 2. The van der Waals surface area contributed by atoms with E-state index in [9.17, 15) is 9.59 Å². The Balaban J connectivity index is 1.80. The number of Topliss-reactive ketones (excluding diaryl/α,β-unsaturated/α-hetero) is 1. The monoisotopic (exact) mass is 421 g/mol. The highest BCUT2D eigenvalue weighted by Gasteiger charge is 2.51. The Hall–Kier alpha value is -3.82. The Kier molecular flexibility index (Phi) is 5.14. The third kappa shape index (κ3) is 3.60. The van der Waals surface area contributed by atoms with E-state index in [0.717, 1.165) is 0 Å². The lowest BCUT2D eigenvalue weighted by atomic mass is 9.98. The fourth-order valence-corrected chi connectivity index (χ4v) is 3.53. The second-order valence-electron chi connectivity index (χ2n) is 7.42. The Bertz CT molecular complexity index is 1170. The van der Waals surface area contributed by atoms with Crippen LogP contribution in [0.3, 0.4) is 0 Å². The highest BCUT2D eigenvalue weighted by molar-refractivity contribution is 6.02. The summed E-state index contributed by atoms with van der Waals surface area (Å²) in [6.45, 7) is 1.78. The minimum atomic E-state index is -0.775. The van der Waals surface area contributed by atoms with E-state index < -0.39 is 11.3 Å². The van der Waals surface area contributed by atoms with Gasteiger partial charge in [-0.15, -0.1) is 0 Å². The molecule has 10 heteroatoms. The van der Waals surface area contributed by atoms with E-state index >= 15 is 0 Å². The fourth-order valence-electron chi connectivity index (χ4n) is 3.53. The summed E-state index contributed by atoms with van der Waals surface area (Å²) in [5.41, 5.74) is 7.59. The molecule has 0 atom stereocenters. The van der Waals surface area contributed by atoms with Crippen LogP contribution in [-0.4, -0.2) is 43.8 Å². The standard InChI is InChI=1S/C21H23N7O3/c1-4-16(29)13-10-24-17(21(6-7-21)20(22)30)9-14(13)26-19-18(31-3)12(5-8-23-19)15-11-25-28(2)27-15/h5,8-11H,4,6-7H2,1-3H3,(H2,22,30)(H,23,24,26). The SMILES string of the molecule is CCC(=O)c1cnc(C2(C(N)=O)CC2)cc1Nc1nccc(-c2cnn(C)n2)c1OC. The van der Waals surface area contributed by atoms with E-state index in [1.54, 1.807) is 38.5 Å². The van der Waals surface area contributed by atoms with Gasteiger partial charge in [-0.25, -0.2) is 4.98 Å². The molecule has 1 aliphatic carbocycles. The lowest BCUT2D eigenvalue weighted by Gasteiger charge is -2.17. The van der Waals surface area contributed by atoms with E-state index in [1.165, 1.54) is 18.1 Å². The van der Waals surface area contributed by atoms with Gasteiger partial charge in [0.1, 0.15) is 5.69 Å². The van der Waals surface area contributed by atoms with Gasteiger partial charge >= 0.3 is 0 Å². The van der Waals surface area contributed by atoms with Crippen LogP contribution in [0, 0.1) is 0 Å². The van der Waals surface area contributed by atoms with Gasteiger partial charge in [-0.1, -0.05) is 6.92 Å². The number of aromatic nitrogens is 5. The number of anilines is 2. The molecule has 0 bridgehead atoms. The summed E-state index contributed by atoms with van der Waals surface area (Å²) in [4.78, 5) is 34.7. The summed E-state index contributed by atoms with van der Waals surface area (Å²) in [5.74, 6) is 0.347. The molecule has 0 aromatic carbocycles. The van der Waals surface area contributed by atoms with Crippen LogP contribution < -0.4 is 15.8 Å². The van der Waals surface area contributed by atoms with Crippen LogP contribution in [-0.2, 0) is 17.3 Å². The van der Waals surface area contributed by atoms with E-state index in [2.05, 4.69) is 25.5 Å². The predicted octanol–water partition coefficient (Wildman–Crippen LogP) is 2.13. The second kappa shape index (κ2) is 7.78. The van der Waals surface area contributed by atoms with Crippen molar-refractivity contribution in [2.24, 2.45) is 12.8 Å². The van der Waals surface area contributed by atoms with Crippen molar-refractivity contribution >= 4 is 23.2 Å². The summed E-state index contributed by atoms with van der Waals surface area (Å²) in [5, 5.41) is 11.6. The Morgan fingerprint density at radius 2 is 2.06 bits per heavy atom. The van der Waals surface area contributed by atoms with E-state index in [4.69, 9.17) is 10.5 Å². The van der Waals surface area contributed by atoms with Gasteiger partial charge in [-0.3, -0.25) is 14.6 Å². The number of methoxy groups -OCH3 is 1. The summed E-state index contributed by atoms with van der Waals surface area (Å²) in [6, 6.07) is 3.48. The molecule has 3 aromatic heterocycles. The van der Waals surface area contributed by atoms with Gasteiger partial charge in [0.25, 0.3) is 0 Å². The first kappa shape index (κ1) is 20.5. The smallest absolute Gasteiger partial charge is 0.229 e. The number of rotatable bonds is 8. The van der Waals surface area contributed by atoms with Gasteiger partial charge in [-0.2, -0.15) is 15.0 Å². The molecule has 0 saturated heterocycles. The number of nitrogens with zero attached hydrogens (tertiary/aromatic N) is 5. The molecule has 3 N–H and O–H groups in total. The number of pyridine rings is 2. The largest absolute Gasteiger partial charge is 0.492 e. The number of ether oxygens (including phenoxy) is 1. The number of carbonyl (C=O) groups is 2. The zero-order valence-electron chi connectivity index (χ0n) is 17.5. The third-order valence-electron chi connectivity index (χ3n) is 5.47. The molecular formula is C21H23N7O3. The normalized spacial score (nSPS) is 14.2. The molecule has 31 heavy (non-hydrogen) atoms. The molecule has 1 amide bonds. The first-order chi connectivity index (χ1) is 14.9. The van der Waals surface area contributed by atoms with E-state index in [0.29, 0.717) is 59.0 Å². The molecular weight excluding hydrogens is 398 g/mol. The minimum Gasteiger partial charge on any atom is -0.492 e. The quantitative estimate of drug-likeness (QED) is 0.528. The van der Waals surface area contributed by atoms with E-state index in [1.807, 2.05) is 0 Å². The van der Waals surface area contributed by atoms with Crippen LogP contribution in [0.1, 0.15) is 42.2 Å². The summed E-state index contributed by atoms with van der Waals surface area (Å²) in [7, 11) is 3.26. The number of hydrogen-bond donors (Lipinski definition) is 2. The molecule has 3 heterocycles. The first-order valence-corrected chi connectivity index (χ1v) is 9.90. The van der Waals surface area contributed by atoms with Crippen molar-refractivity contribution in [3.8, 4) is 17.0 Å². The van der Waals surface area contributed by atoms with Gasteiger partial charge in [0.2, 0.25) is 5.91 Å². The molecule has 1 saturated carbocycles. The molecule has 4 rings (SSSR count). The number of nitrogens with one attached hydrogen (secondary N) is 1. The number of amides is 1. The van der Waals surface area contributed by atoms with Crippen LogP contribution >= 0.6 is 0 Å². The predicted molar refractivity (Wildman–Crippen MR) is 113 cm³/mol. The zero-order valence-corrected chi connectivity index (χ0v) is 17.5. The maximum atomic E-state index is 12.5. The molecule has 160 valence electrons. The number of aryl methyl sites for hydroxylation is 1. The van der Waals surface area contributed by atoms with Crippen LogP contribution in [0.5, 0.6) is 5.75 Å². The van der Waals surface area contributed by atoms with Gasteiger partial charge in [0, 0.05) is 25.9 Å². The molecule has 1 aliphatic rings. The summed E-state index contributed by atoms with van der Waals surface area (Å²) in [6.07, 6.45) is 6.32. The van der Waals surface area contributed by atoms with Crippen molar-refractivity contribution in [1.82, 2.24) is 25.0 Å². The lowest BCUT2D eigenvalue weighted by molar-refractivity contribution is -0.120. The Morgan fingerprint density at radius 3 is 2.65 bits per heavy atom. The fraction of sp³-hybridized carbons (Fsp3) is 0.333. The second-order valence-corrected chi connectivity index (χ2v) is 7.42. The Labute approximate surface area is 178 Å². The molecule has 0 aliphatic heterocycles. The average Bonchev–Trinajstić information content (AvgIpc) is 3.48. The molecule has 1 fully saturated rings. The first-order valence-electron chi connectivity index (χ1n) is 9.90. The molecule has 0 spiro atoms. The van der Waals surface area contributed by atoms with Gasteiger partial charge in [-0.05, 0) is 25.0 Å². The van der Waals surface area contributed by atoms with Gasteiger partial charge in [0.15, 0.2) is 17.4 Å². The summed E-state index contributed by atoms with van der Waals surface area (Å²) >= 11 is 0. The minimum absolute atomic E-state index is 0.0884. The zero-order chi connectivity index (χ0) is 22.2. The summed E-state index contributed by atoms with van der Waals surface area (Å²) < 4.78 is 5.61. The number of nitrogens with two attached hydrogens (primary N) is 1. The van der Waals surface area contributed by atoms with Crippen molar-refractivity contribution in [3.05, 3.63) is 42.0 Å². The van der Waals surface area contributed by atoms with Gasteiger partial charge in [0.05, 0.1) is 41.2 Å². The maximum absolute atomic E-state index is 12.5.